The fourth-order valence-corrected chi connectivity index (χ4v) is 1.96. The van der Waals surface area contributed by atoms with Gasteiger partial charge in [0.05, 0.1) is 5.56 Å². The molecule has 98 valence electrons. The van der Waals surface area contributed by atoms with Crippen molar-refractivity contribution in [1.29, 1.82) is 0 Å². The second kappa shape index (κ2) is 5.31. The van der Waals surface area contributed by atoms with Gasteiger partial charge in [-0.2, -0.15) is 0 Å². The molecule has 0 aromatic heterocycles. The number of carbonyl (C=O) groups excluding carboxylic acids is 1. The number of benzene rings is 2. The van der Waals surface area contributed by atoms with Crippen molar-refractivity contribution in [2.45, 2.75) is 20.3 Å². The maximum atomic E-state index is 13.8. The van der Waals surface area contributed by atoms with Crippen molar-refractivity contribution in [1.82, 2.24) is 0 Å². The van der Waals surface area contributed by atoms with Gasteiger partial charge in [-0.25, -0.2) is 8.78 Å². The second-order valence-corrected chi connectivity index (χ2v) is 4.61. The monoisotopic (exact) mass is 260 g/mol. The van der Waals surface area contributed by atoms with Crippen molar-refractivity contribution < 1.29 is 13.6 Å². The Labute approximate surface area is 110 Å². The number of hydrogen-bond acceptors (Lipinski definition) is 1. The van der Waals surface area contributed by atoms with Gasteiger partial charge in [0.2, 0.25) is 0 Å². The normalized spacial score (nSPS) is 10.5. The fourth-order valence-electron chi connectivity index (χ4n) is 1.96. The molecule has 0 aliphatic carbocycles. The molecule has 2 aromatic carbocycles. The molecule has 19 heavy (non-hydrogen) atoms. The van der Waals surface area contributed by atoms with E-state index in [9.17, 15) is 13.6 Å². The number of hydrogen-bond donors (Lipinski definition) is 0. The summed E-state index contributed by atoms with van der Waals surface area (Å²) in [5.74, 6) is -1.23. The quantitative estimate of drug-likeness (QED) is 0.762. The van der Waals surface area contributed by atoms with E-state index in [4.69, 9.17) is 0 Å². The zero-order chi connectivity index (χ0) is 14.0. The summed E-state index contributed by atoms with van der Waals surface area (Å²) in [6.07, 6.45) is 0.00394. The standard InChI is InChI=1S/C16H14F2O/c1-10-6-7-13(17)8-12(10)9-15(19)14-5-3-4-11(2)16(14)18/h3-8H,9H2,1-2H3. The summed E-state index contributed by atoms with van der Waals surface area (Å²) < 4.78 is 27.0. The van der Waals surface area contributed by atoms with Gasteiger partial charge >= 0.3 is 0 Å². The Balaban J connectivity index is 2.31. The minimum Gasteiger partial charge on any atom is -0.294 e. The number of halogens is 2. The van der Waals surface area contributed by atoms with Crippen molar-refractivity contribution in [3.05, 3.63) is 70.3 Å². The molecule has 1 nitrogen and oxygen atoms in total. The predicted molar refractivity (Wildman–Crippen MR) is 70.3 cm³/mol. The number of rotatable bonds is 3. The fraction of sp³-hybridized carbons (Fsp3) is 0.188. The lowest BCUT2D eigenvalue weighted by molar-refractivity contribution is 0.0988. The van der Waals surface area contributed by atoms with Gasteiger partial charge in [0.15, 0.2) is 5.78 Å². The van der Waals surface area contributed by atoms with E-state index in [1.54, 1.807) is 32.0 Å². The molecule has 0 bridgehead atoms. The van der Waals surface area contributed by atoms with E-state index in [0.29, 0.717) is 11.1 Å². The predicted octanol–water partition coefficient (Wildman–Crippen LogP) is 4.01. The van der Waals surface area contributed by atoms with Gasteiger partial charge in [0.25, 0.3) is 0 Å². The maximum Gasteiger partial charge on any atom is 0.170 e. The SMILES string of the molecule is Cc1ccc(F)cc1CC(=O)c1cccc(C)c1F. The molecule has 0 spiro atoms. The van der Waals surface area contributed by atoms with E-state index in [1.165, 1.54) is 18.2 Å². The molecule has 2 aromatic rings. The average molecular weight is 260 g/mol. The zero-order valence-corrected chi connectivity index (χ0v) is 10.8. The van der Waals surface area contributed by atoms with Crippen LogP contribution in [0.2, 0.25) is 0 Å². The Hall–Kier alpha value is -2.03. The van der Waals surface area contributed by atoms with Gasteiger partial charge < -0.3 is 0 Å². The summed E-state index contributed by atoms with van der Waals surface area (Å²) in [4.78, 5) is 12.1. The molecular formula is C16H14F2O. The van der Waals surface area contributed by atoms with E-state index < -0.39 is 11.6 Å². The molecule has 0 N–H and O–H groups in total. The van der Waals surface area contributed by atoms with E-state index >= 15 is 0 Å². The molecule has 0 atom stereocenters. The first-order chi connectivity index (χ1) is 8.99. The van der Waals surface area contributed by atoms with Crippen LogP contribution in [-0.2, 0) is 6.42 Å². The molecule has 0 radical (unpaired) electrons. The highest BCUT2D eigenvalue weighted by molar-refractivity contribution is 5.98. The topological polar surface area (TPSA) is 17.1 Å². The Morgan fingerprint density at radius 3 is 2.53 bits per heavy atom. The van der Waals surface area contributed by atoms with Crippen molar-refractivity contribution in [3.63, 3.8) is 0 Å². The third kappa shape index (κ3) is 2.87. The minimum absolute atomic E-state index is 0.00394. The summed E-state index contributed by atoms with van der Waals surface area (Å²) in [6.45, 7) is 3.41. The van der Waals surface area contributed by atoms with Crippen molar-refractivity contribution in [2.24, 2.45) is 0 Å². The smallest absolute Gasteiger partial charge is 0.170 e. The largest absolute Gasteiger partial charge is 0.294 e. The first-order valence-electron chi connectivity index (χ1n) is 6.02. The van der Waals surface area contributed by atoms with Crippen LogP contribution in [0.25, 0.3) is 0 Å². The molecule has 0 saturated heterocycles. The number of carbonyl (C=O) groups is 1. The molecule has 0 aliphatic rings. The lowest BCUT2D eigenvalue weighted by atomic mass is 9.98. The molecule has 0 unspecified atom stereocenters. The Kier molecular flexibility index (Phi) is 3.74. The summed E-state index contributed by atoms with van der Waals surface area (Å²) in [6, 6.07) is 8.99. The Morgan fingerprint density at radius 1 is 1.05 bits per heavy atom. The van der Waals surface area contributed by atoms with Crippen molar-refractivity contribution in [3.8, 4) is 0 Å². The van der Waals surface area contributed by atoms with Crippen LogP contribution in [0.1, 0.15) is 27.0 Å². The molecule has 0 fully saturated rings. The number of aryl methyl sites for hydroxylation is 2. The van der Waals surface area contributed by atoms with Gasteiger partial charge in [-0.05, 0) is 48.7 Å². The van der Waals surface area contributed by atoms with E-state index in [-0.39, 0.29) is 17.8 Å². The van der Waals surface area contributed by atoms with Crippen LogP contribution in [0.4, 0.5) is 8.78 Å². The first kappa shape index (κ1) is 13.4. The van der Waals surface area contributed by atoms with Crippen LogP contribution < -0.4 is 0 Å². The second-order valence-electron chi connectivity index (χ2n) is 4.61. The molecule has 0 amide bonds. The van der Waals surface area contributed by atoms with Crippen LogP contribution >= 0.6 is 0 Å². The van der Waals surface area contributed by atoms with Gasteiger partial charge in [0.1, 0.15) is 11.6 Å². The average Bonchev–Trinajstić information content (AvgIpc) is 2.37. The van der Waals surface area contributed by atoms with Crippen LogP contribution in [0.5, 0.6) is 0 Å². The van der Waals surface area contributed by atoms with Crippen molar-refractivity contribution >= 4 is 5.78 Å². The third-order valence-electron chi connectivity index (χ3n) is 3.15. The lowest BCUT2D eigenvalue weighted by Gasteiger charge is -2.07. The van der Waals surface area contributed by atoms with Crippen LogP contribution in [0.3, 0.4) is 0 Å². The third-order valence-corrected chi connectivity index (χ3v) is 3.15. The number of Topliss-reactive ketones (excluding diaryl/α,β-unsaturated/α-hetero) is 1. The van der Waals surface area contributed by atoms with Gasteiger partial charge in [0, 0.05) is 6.42 Å². The molecule has 0 aliphatic heterocycles. The van der Waals surface area contributed by atoms with E-state index in [1.807, 2.05) is 0 Å². The Bertz CT molecular complexity index is 633. The minimum atomic E-state index is -0.499. The highest BCUT2D eigenvalue weighted by atomic mass is 19.1. The van der Waals surface area contributed by atoms with Gasteiger partial charge in [-0.15, -0.1) is 0 Å². The first-order valence-corrected chi connectivity index (χ1v) is 6.02. The lowest BCUT2D eigenvalue weighted by Crippen LogP contribution is -2.08. The summed E-state index contributed by atoms with van der Waals surface area (Å²) >= 11 is 0. The van der Waals surface area contributed by atoms with E-state index in [2.05, 4.69) is 0 Å². The Morgan fingerprint density at radius 2 is 1.79 bits per heavy atom. The zero-order valence-electron chi connectivity index (χ0n) is 10.8. The molecule has 3 heteroatoms. The van der Waals surface area contributed by atoms with Crippen LogP contribution in [0.15, 0.2) is 36.4 Å². The molecule has 0 heterocycles. The highest BCUT2D eigenvalue weighted by Gasteiger charge is 2.14. The summed E-state index contributed by atoms with van der Waals surface area (Å²) in [7, 11) is 0. The van der Waals surface area contributed by atoms with Crippen molar-refractivity contribution in [2.75, 3.05) is 0 Å². The molecule has 2 rings (SSSR count). The molecule has 0 saturated carbocycles. The highest BCUT2D eigenvalue weighted by Crippen LogP contribution is 2.17. The van der Waals surface area contributed by atoms with Gasteiger partial charge in [-0.3, -0.25) is 4.79 Å². The summed E-state index contributed by atoms with van der Waals surface area (Å²) in [5.41, 5.74) is 1.90. The van der Waals surface area contributed by atoms with Crippen LogP contribution in [0, 0.1) is 25.5 Å². The van der Waals surface area contributed by atoms with Gasteiger partial charge in [-0.1, -0.05) is 18.2 Å². The molecular weight excluding hydrogens is 246 g/mol. The van der Waals surface area contributed by atoms with E-state index in [0.717, 1.165) is 5.56 Å². The number of ketones is 1. The van der Waals surface area contributed by atoms with Crippen LogP contribution in [-0.4, -0.2) is 5.78 Å². The maximum absolute atomic E-state index is 13.8. The summed E-state index contributed by atoms with van der Waals surface area (Å²) in [5, 5.41) is 0.